The molecule has 2 aliphatic rings. The van der Waals surface area contributed by atoms with Crippen molar-refractivity contribution in [2.24, 2.45) is 0 Å². The molecule has 1 fully saturated rings. The van der Waals surface area contributed by atoms with E-state index in [9.17, 15) is 9.59 Å². The maximum atomic E-state index is 11.1. The third kappa shape index (κ3) is 2.91. The van der Waals surface area contributed by atoms with Crippen molar-refractivity contribution >= 4 is 29.4 Å². The summed E-state index contributed by atoms with van der Waals surface area (Å²) in [4.78, 5) is 24.5. The first-order valence-corrected chi connectivity index (χ1v) is 9.11. The second-order valence-electron chi connectivity index (χ2n) is 7.12. The molecular formula is C22H18N2O4. The quantitative estimate of drug-likeness (QED) is 0.615. The van der Waals surface area contributed by atoms with Gasteiger partial charge in [0.1, 0.15) is 11.6 Å². The molecule has 140 valence electrons. The Hall–Kier alpha value is -3.59. The van der Waals surface area contributed by atoms with Crippen molar-refractivity contribution in [2.75, 3.05) is 4.90 Å². The van der Waals surface area contributed by atoms with E-state index in [2.05, 4.69) is 4.90 Å². The Bertz CT molecular complexity index is 1030. The molecule has 2 aromatic rings. The summed E-state index contributed by atoms with van der Waals surface area (Å²) >= 11 is 0. The molecule has 2 aromatic carbocycles. The van der Waals surface area contributed by atoms with E-state index < -0.39 is 11.9 Å². The summed E-state index contributed by atoms with van der Waals surface area (Å²) in [6.45, 7) is 0. The Morgan fingerprint density at radius 3 is 2.50 bits per heavy atom. The number of carboxylic acid groups (broad SMARTS) is 2. The number of aliphatic carboxylic acids is 1. The van der Waals surface area contributed by atoms with Gasteiger partial charge in [-0.15, -0.1) is 0 Å². The third-order valence-electron chi connectivity index (χ3n) is 5.58. The van der Waals surface area contributed by atoms with Crippen LogP contribution in [0.25, 0.3) is 6.08 Å². The van der Waals surface area contributed by atoms with Crippen LogP contribution in [0.5, 0.6) is 0 Å². The van der Waals surface area contributed by atoms with Crippen LogP contribution in [0.4, 0.5) is 11.4 Å². The van der Waals surface area contributed by atoms with Gasteiger partial charge in [0.15, 0.2) is 0 Å². The number of hydrogen-bond acceptors (Lipinski definition) is 4. The first-order valence-electron chi connectivity index (χ1n) is 9.11. The van der Waals surface area contributed by atoms with Crippen LogP contribution < -0.4 is 4.90 Å². The number of fused-ring (bicyclic) bond motifs is 3. The lowest BCUT2D eigenvalue weighted by molar-refractivity contribution is -0.132. The number of nitrogens with zero attached hydrogens (tertiary/aromatic N) is 2. The van der Waals surface area contributed by atoms with Gasteiger partial charge in [-0.25, -0.2) is 9.59 Å². The minimum absolute atomic E-state index is 0.254. The SMILES string of the molecule is N#C/C(=C\c1ccc2c(c1)C1CCCC1N2c1ccc(C(=O)O)cc1)C(=O)O. The van der Waals surface area contributed by atoms with E-state index in [-0.39, 0.29) is 11.1 Å². The lowest BCUT2D eigenvalue weighted by atomic mass is 9.95. The number of anilines is 2. The minimum Gasteiger partial charge on any atom is -0.478 e. The summed E-state index contributed by atoms with van der Waals surface area (Å²) in [5.74, 6) is -1.84. The zero-order valence-corrected chi connectivity index (χ0v) is 15.0. The normalized spacial score (nSPS) is 20.4. The van der Waals surface area contributed by atoms with Crippen molar-refractivity contribution in [1.82, 2.24) is 0 Å². The van der Waals surface area contributed by atoms with Gasteiger partial charge in [0.25, 0.3) is 0 Å². The van der Waals surface area contributed by atoms with Gasteiger partial charge in [0, 0.05) is 23.3 Å². The molecular weight excluding hydrogens is 356 g/mol. The number of rotatable bonds is 4. The fraction of sp³-hybridized carbons (Fsp3) is 0.227. The molecule has 0 aromatic heterocycles. The van der Waals surface area contributed by atoms with Gasteiger partial charge in [-0.2, -0.15) is 5.26 Å². The zero-order valence-electron chi connectivity index (χ0n) is 15.0. The molecule has 0 amide bonds. The van der Waals surface area contributed by atoms with Crippen LogP contribution in [0.1, 0.15) is 46.7 Å². The molecule has 2 atom stereocenters. The Labute approximate surface area is 162 Å². The molecule has 2 N–H and O–H groups in total. The molecule has 1 saturated carbocycles. The predicted octanol–water partition coefficient (Wildman–Crippen LogP) is 4.16. The molecule has 6 nitrogen and oxygen atoms in total. The summed E-state index contributed by atoms with van der Waals surface area (Å²) in [6, 6.07) is 14.7. The van der Waals surface area contributed by atoms with Gasteiger partial charge in [-0.05, 0) is 66.4 Å². The highest BCUT2D eigenvalue weighted by Crippen LogP contribution is 2.52. The zero-order chi connectivity index (χ0) is 19.8. The van der Waals surface area contributed by atoms with Crippen LogP contribution in [0.3, 0.4) is 0 Å². The third-order valence-corrected chi connectivity index (χ3v) is 5.58. The summed E-state index contributed by atoms with van der Waals surface area (Å²) < 4.78 is 0. The monoisotopic (exact) mass is 374 g/mol. The van der Waals surface area contributed by atoms with Crippen LogP contribution in [-0.2, 0) is 4.79 Å². The molecule has 0 bridgehead atoms. The Morgan fingerprint density at radius 1 is 1.11 bits per heavy atom. The fourth-order valence-electron chi connectivity index (χ4n) is 4.37. The Morgan fingerprint density at radius 2 is 1.86 bits per heavy atom. The Kier molecular flexibility index (Phi) is 4.36. The smallest absolute Gasteiger partial charge is 0.346 e. The van der Waals surface area contributed by atoms with E-state index >= 15 is 0 Å². The van der Waals surface area contributed by atoms with Crippen molar-refractivity contribution < 1.29 is 19.8 Å². The molecule has 28 heavy (non-hydrogen) atoms. The second-order valence-corrected chi connectivity index (χ2v) is 7.12. The number of nitriles is 1. The lowest BCUT2D eigenvalue weighted by Gasteiger charge is -2.27. The van der Waals surface area contributed by atoms with Crippen LogP contribution in [-0.4, -0.2) is 28.2 Å². The predicted molar refractivity (Wildman–Crippen MR) is 104 cm³/mol. The average Bonchev–Trinajstić information content (AvgIpc) is 3.26. The second kappa shape index (κ2) is 6.86. The molecule has 4 rings (SSSR count). The number of carboxylic acids is 2. The maximum absolute atomic E-state index is 11.1. The highest BCUT2D eigenvalue weighted by atomic mass is 16.4. The van der Waals surface area contributed by atoms with Crippen LogP contribution in [0.2, 0.25) is 0 Å². The molecule has 0 radical (unpaired) electrons. The van der Waals surface area contributed by atoms with Gasteiger partial charge >= 0.3 is 11.9 Å². The summed E-state index contributed by atoms with van der Waals surface area (Å²) in [6.07, 6.45) is 4.61. The number of hydrogen-bond donors (Lipinski definition) is 2. The van der Waals surface area contributed by atoms with E-state index in [4.69, 9.17) is 15.5 Å². The highest BCUT2D eigenvalue weighted by molar-refractivity contribution is 5.96. The summed E-state index contributed by atoms with van der Waals surface area (Å²) in [5.41, 5.74) is 3.83. The van der Waals surface area contributed by atoms with E-state index in [1.165, 1.54) is 6.08 Å². The first kappa shape index (κ1) is 17.8. The highest BCUT2D eigenvalue weighted by Gasteiger charge is 2.42. The van der Waals surface area contributed by atoms with Gasteiger partial charge in [-0.3, -0.25) is 0 Å². The van der Waals surface area contributed by atoms with Crippen LogP contribution >= 0.6 is 0 Å². The van der Waals surface area contributed by atoms with Crippen molar-refractivity contribution in [3.05, 3.63) is 64.7 Å². The first-order chi connectivity index (χ1) is 13.5. The molecule has 1 aliphatic carbocycles. The average molecular weight is 374 g/mol. The molecule has 0 spiro atoms. The number of carbonyl (C=O) groups is 2. The largest absolute Gasteiger partial charge is 0.478 e. The topological polar surface area (TPSA) is 102 Å². The van der Waals surface area contributed by atoms with Crippen LogP contribution in [0.15, 0.2) is 48.0 Å². The molecule has 6 heteroatoms. The summed E-state index contributed by atoms with van der Waals surface area (Å²) in [5, 5.41) is 27.2. The van der Waals surface area contributed by atoms with Gasteiger partial charge in [0.05, 0.1) is 5.56 Å². The number of aromatic carboxylic acids is 1. The van der Waals surface area contributed by atoms with E-state index in [0.717, 1.165) is 36.2 Å². The van der Waals surface area contributed by atoms with E-state index in [1.54, 1.807) is 18.2 Å². The van der Waals surface area contributed by atoms with Crippen molar-refractivity contribution in [3.8, 4) is 6.07 Å². The molecule has 1 aliphatic heterocycles. The standard InChI is InChI=1S/C22H18N2O4/c23-12-15(22(27)28)10-13-4-9-20-18(11-13)17-2-1-3-19(17)24(20)16-7-5-14(6-8-16)21(25)26/h4-11,17,19H,1-3H2,(H,25,26)(H,27,28)/b15-10+. The van der Waals surface area contributed by atoms with Crippen LogP contribution in [0, 0.1) is 11.3 Å². The molecule has 1 heterocycles. The van der Waals surface area contributed by atoms with Gasteiger partial charge < -0.3 is 15.1 Å². The van der Waals surface area contributed by atoms with E-state index in [0.29, 0.717) is 17.5 Å². The van der Waals surface area contributed by atoms with Crippen molar-refractivity contribution in [3.63, 3.8) is 0 Å². The van der Waals surface area contributed by atoms with E-state index in [1.807, 2.05) is 30.3 Å². The van der Waals surface area contributed by atoms with Crippen molar-refractivity contribution in [1.29, 1.82) is 5.26 Å². The van der Waals surface area contributed by atoms with Crippen molar-refractivity contribution in [2.45, 2.75) is 31.2 Å². The minimum atomic E-state index is -1.23. The van der Waals surface area contributed by atoms with Gasteiger partial charge in [0.2, 0.25) is 0 Å². The van der Waals surface area contributed by atoms with Gasteiger partial charge in [-0.1, -0.05) is 12.5 Å². The molecule has 0 saturated heterocycles. The number of benzene rings is 2. The lowest BCUT2D eigenvalue weighted by Crippen LogP contribution is -2.26. The maximum Gasteiger partial charge on any atom is 0.346 e. The summed E-state index contributed by atoms with van der Waals surface area (Å²) in [7, 11) is 0. The Balaban J connectivity index is 1.76. The fourth-order valence-corrected chi connectivity index (χ4v) is 4.37. The molecule has 2 unspecified atom stereocenters.